The van der Waals surface area contributed by atoms with E-state index in [9.17, 15) is 27.6 Å². The topological polar surface area (TPSA) is 87.3 Å². The zero-order valence-corrected chi connectivity index (χ0v) is 22.5. The molecule has 0 heterocycles. The number of hydrogen-bond donors (Lipinski definition) is 3. The van der Waals surface area contributed by atoms with Crippen LogP contribution < -0.4 is 16.0 Å². The van der Waals surface area contributed by atoms with Crippen molar-refractivity contribution in [1.82, 2.24) is 10.6 Å². The van der Waals surface area contributed by atoms with Crippen molar-refractivity contribution in [2.75, 3.05) is 18.4 Å². The predicted octanol–water partition coefficient (Wildman–Crippen LogP) is 6.36. The largest absolute Gasteiger partial charge is 0.405 e. The minimum atomic E-state index is -4.50. The van der Waals surface area contributed by atoms with E-state index in [0.717, 1.165) is 0 Å². The monoisotopic (exact) mass is 617 g/mol. The van der Waals surface area contributed by atoms with Crippen molar-refractivity contribution in [2.45, 2.75) is 29.3 Å². The summed E-state index contributed by atoms with van der Waals surface area (Å²) in [5, 5.41) is 7.77. The molecule has 2 aromatic carbocycles. The van der Waals surface area contributed by atoms with Crippen LogP contribution >= 0.6 is 58.0 Å². The Morgan fingerprint density at radius 1 is 0.946 bits per heavy atom. The molecular formula is C23H19Cl5F3N3O3. The molecule has 0 spiro atoms. The number of anilines is 1. The molecule has 14 heteroatoms. The van der Waals surface area contributed by atoms with Gasteiger partial charge < -0.3 is 16.0 Å². The molecule has 0 aliphatic heterocycles. The minimum Gasteiger partial charge on any atom is -0.352 e. The molecule has 2 atom stereocenters. The first kappa shape index (κ1) is 29.6. The van der Waals surface area contributed by atoms with Gasteiger partial charge in [0.1, 0.15) is 10.9 Å². The van der Waals surface area contributed by atoms with Crippen LogP contribution in [0, 0.1) is 5.92 Å². The fraction of sp³-hybridized carbons (Fsp3) is 0.348. The zero-order valence-electron chi connectivity index (χ0n) is 18.7. The van der Waals surface area contributed by atoms with Gasteiger partial charge in [0.2, 0.25) is 11.8 Å². The molecule has 200 valence electrons. The second-order valence-corrected chi connectivity index (χ2v) is 11.0. The highest BCUT2D eigenvalue weighted by Crippen LogP contribution is 2.65. The highest BCUT2D eigenvalue weighted by atomic mass is 35.5. The molecule has 2 unspecified atom stereocenters. The number of carbonyl (C=O) groups is 3. The molecule has 1 aliphatic carbocycles. The van der Waals surface area contributed by atoms with Gasteiger partial charge in [0.25, 0.3) is 5.91 Å². The maximum Gasteiger partial charge on any atom is 0.405 e. The summed E-state index contributed by atoms with van der Waals surface area (Å²) in [7, 11) is 0. The molecule has 6 nitrogen and oxygen atoms in total. The summed E-state index contributed by atoms with van der Waals surface area (Å²) in [6.45, 7) is -1.41. The van der Waals surface area contributed by atoms with E-state index in [1.807, 2.05) is 0 Å². The normalized spacial score (nSPS) is 18.2. The van der Waals surface area contributed by atoms with Gasteiger partial charge in [0, 0.05) is 34.6 Å². The number of alkyl halides is 5. The zero-order chi connectivity index (χ0) is 27.5. The smallest absolute Gasteiger partial charge is 0.352 e. The summed E-state index contributed by atoms with van der Waals surface area (Å²) >= 11 is 30.9. The summed E-state index contributed by atoms with van der Waals surface area (Å²) in [5.74, 6) is -3.26. The van der Waals surface area contributed by atoms with E-state index in [2.05, 4.69) is 10.6 Å². The van der Waals surface area contributed by atoms with E-state index >= 15 is 0 Å². The standard InChI is InChI=1S/C23H19Cl5F3N3O3/c24-12-6-11(7-13(25)8-12)18-19(23(18,27)28)21(37)34-14-3-4-16(26)15(9-14)20(36)32-5-1-2-17(35)33-10-22(29,30)31/h3-4,6-9,18-19H,1-2,5,10H2,(H,32,36)(H,33,35)(H,34,37). The molecule has 3 rings (SSSR count). The summed E-state index contributed by atoms with van der Waals surface area (Å²) in [6, 6.07) is 9.03. The summed E-state index contributed by atoms with van der Waals surface area (Å²) in [6.07, 6.45) is -4.60. The first-order valence-electron chi connectivity index (χ1n) is 10.7. The van der Waals surface area contributed by atoms with E-state index in [-0.39, 0.29) is 35.7 Å². The molecule has 0 aromatic heterocycles. The predicted molar refractivity (Wildman–Crippen MR) is 138 cm³/mol. The molecule has 0 saturated heterocycles. The van der Waals surface area contributed by atoms with Crippen LogP contribution in [0.15, 0.2) is 36.4 Å². The Kier molecular flexibility index (Phi) is 9.51. The molecule has 3 N–H and O–H groups in total. The Hall–Kier alpha value is -1.91. The van der Waals surface area contributed by atoms with Crippen molar-refractivity contribution >= 4 is 81.4 Å². The lowest BCUT2D eigenvalue weighted by Crippen LogP contribution is -2.34. The van der Waals surface area contributed by atoms with Crippen molar-refractivity contribution in [3.63, 3.8) is 0 Å². The number of rotatable bonds is 9. The summed E-state index contributed by atoms with van der Waals surface area (Å²) in [5.41, 5.74) is 0.897. The van der Waals surface area contributed by atoms with Crippen LogP contribution in [0.3, 0.4) is 0 Å². The van der Waals surface area contributed by atoms with Gasteiger partial charge >= 0.3 is 6.18 Å². The number of benzene rings is 2. The van der Waals surface area contributed by atoms with Gasteiger partial charge in [0.15, 0.2) is 0 Å². The van der Waals surface area contributed by atoms with Crippen LogP contribution in [-0.4, -0.2) is 41.3 Å². The average molecular weight is 620 g/mol. The van der Waals surface area contributed by atoms with Gasteiger partial charge in [-0.3, -0.25) is 14.4 Å². The van der Waals surface area contributed by atoms with Gasteiger partial charge in [-0.25, -0.2) is 0 Å². The van der Waals surface area contributed by atoms with E-state index in [1.165, 1.54) is 24.3 Å². The maximum atomic E-state index is 12.9. The Balaban J connectivity index is 1.57. The number of carbonyl (C=O) groups excluding carboxylic acids is 3. The Labute approximate surface area is 235 Å². The molecule has 0 bridgehead atoms. The van der Waals surface area contributed by atoms with Crippen LogP contribution in [0.1, 0.15) is 34.7 Å². The lowest BCUT2D eigenvalue weighted by molar-refractivity contribution is -0.138. The third-order valence-electron chi connectivity index (χ3n) is 5.41. The van der Waals surface area contributed by atoms with Crippen molar-refractivity contribution in [1.29, 1.82) is 0 Å². The van der Waals surface area contributed by atoms with E-state index < -0.39 is 46.6 Å². The molecule has 1 saturated carbocycles. The minimum absolute atomic E-state index is 0.0121. The van der Waals surface area contributed by atoms with E-state index in [4.69, 9.17) is 58.0 Å². The lowest BCUT2D eigenvalue weighted by Gasteiger charge is -2.11. The molecule has 2 aromatic rings. The third-order valence-corrected chi connectivity index (χ3v) is 7.12. The van der Waals surface area contributed by atoms with Crippen LogP contribution in [0.25, 0.3) is 0 Å². The van der Waals surface area contributed by atoms with Gasteiger partial charge in [0.05, 0.1) is 16.5 Å². The summed E-state index contributed by atoms with van der Waals surface area (Å²) in [4.78, 5) is 36.9. The van der Waals surface area contributed by atoms with Gasteiger partial charge in [-0.2, -0.15) is 13.2 Å². The Morgan fingerprint density at radius 3 is 2.22 bits per heavy atom. The molecule has 37 heavy (non-hydrogen) atoms. The molecular weight excluding hydrogens is 601 g/mol. The van der Waals surface area contributed by atoms with E-state index in [1.54, 1.807) is 17.4 Å². The van der Waals surface area contributed by atoms with E-state index in [0.29, 0.717) is 15.6 Å². The average Bonchev–Trinajstić information content (AvgIpc) is 3.37. The summed E-state index contributed by atoms with van der Waals surface area (Å²) < 4.78 is 35.0. The molecule has 1 aliphatic rings. The van der Waals surface area contributed by atoms with Crippen LogP contribution in [0.4, 0.5) is 18.9 Å². The van der Waals surface area contributed by atoms with Crippen LogP contribution in [-0.2, 0) is 9.59 Å². The van der Waals surface area contributed by atoms with Crippen molar-refractivity contribution < 1.29 is 27.6 Å². The number of halogens is 8. The second-order valence-electron chi connectivity index (χ2n) is 8.27. The molecule has 3 amide bonds. The maximum absolute atomic E-state index is 12.9. The number of hydrogen-bond acceptors (Lipinski definition) is 3. The quantitative estimate of drug-likeness (QED) is 0.226. The lowest BCUT2D eigenvalue weighted by atomic mass is 10.1. The number of nitrogens with one attached hydrogen (secondary N) is 3. The number of amides is 3. The van der Waals surface area contributed by atoms with Gasteiger partial charge in [-0.15, -0.1) is 23.2 Å². The van der Waals surface area contributed by atoms with Crippen molar-refractivity contribution in [3.8, 4) is 0 Å². The van der Waals surface area contributed by atoms with Crippen molar-refractivity contribution in [2.24, 2.45) is 5.92 Å². The second kappa shape index (κ2) is 11.9. The first-order valence-corrected chi connectivity index (χ1v) is 12.6. The van der Waals surface area contributed by atoms with Crippen LogP contribution in [0.2, 0.25) is 15.1 Å². The highest BCUT2D eigenvalue weighted by molar-refractivity contribution is 6.53. The fourth-order valence-electron chi connectivity index (χ4n) is 3.65. The Morgan fingerprint density at radius 2 is 1.59 bits per heavy atom. The molecule has 1 fully saturated rings. The SMILES string of the molecule is O=C(CCCNC(=O)c1cc(NC(=O)C2C(c3cc(Cl)cc(Cl)c3)C2(Cl)Cl)ccc1Cl)NCC(F)(F)F. The van der Waals surface area contributed by atoms with Gasteiger partial charge in [-0.05, 0) is 48.4 Å². The fourth-order valence-corrected chi connectivity index (χ4v) is 5.23. The van der Waals surface area contributed by atoms with Crippen molar-refractivity contribution in [3.05, 3.63) is 62.6 Å². The Bertz CT molecular complexity index is 1190. The van der Waals surface area contributed by atoms with Gasteiger partial charge in [-0.1, -0.05) is 34.8 Å². The third kappa shape index (κ3) is 8.04. The highest BCUT2D eigenvalue weighted by Gasteiger charge is 2.67. The first-order chi connectivity index (χ1) is 17.2. The molecule has 0 radical (unpaired) electrons. The van der Waals surface area contributed by atoms with Crippen LogP contribution in [0.5, 0.6) is 0 Å².